The van der Waals surface area contributed by atoms with E-state index in [4.69, 9.17) is 9.84 Å². The zero-order chi connectivity index (χ0) is 13.6. The normalized spacial score (nSPS) is 13.2. The molecule has 18 heavy (non-hydrogen) atoms. The van der Waals surface area contributed by atoms with Gasteiger partial charge in [-0.05, 0) is 6.42 Å². The molecule has 0 amide bonds. The van der Waals surface area contributed by atoms with Gasteiger partial charge in [0.05, 0.1) is 13.2 Å². The quantitative estimate of drug-likeness (QED) is 0.817. The number of halogens is 3. The molecule has 5 nitrogen and oxygen atoms in total. The van der Waals surface area contributed by atoms with Crippen LogP contribution in [0.5, 0.6) is 5.88 Å². The van der Waals surface area contributed by atoms with Crippen molar-refractivity contribution in [1.29, 1.82) is 0 Å². The van der Waals surface area contributed by atoms with E-state index in [2.05, 4.69) is 15.3 Å². The summed E-state index contributed by atoms with van der Waals surface area (Å²) >= 11 is 0. The molecule has 2 N–H and O–H groups in total. The van der Waals surface area contributed by atoms with Gasteiger partial charge in [-0.2, -0.15) is 13.2 Å². The summed E-state index contributed by atoms with van der Waals surface area (Å²) in [6.45, 7) is 1.70. The Morgan fingerprint density at radius 3 is 2.78 bits per heavy atom. The second kappa shape index (κ2) is 6.39. The molecule has 8 heteroatoms. The van der Waals surface area contributed by atoms with Gasteiger partial charge in [0.25, 0.3) is 0 Å². The van der Waals surface area contributed by atoms with Crippen molar-refractivity contribution in [3.8, 4) is 5.88 Å². The fourth-order valence-corrected chi connectivity index (χ4v) is 1.04. The molecular formula is C10H14F3N3O2. The first-order valence-corrected chi connectivity index (χ1v) is 5.37. The van der Waals surface area contributed by atoms with Crippen LogP contribution in [0.15, 0.2) is 12.4 Å². The SMILES string of the molecule is CCCOc1cc(NCC(O)C(F)(F)F)ncn1. The van der Waals surface area contributed by atoms with Gasteiger partial charge in [-0.3, -0.25) is 0 Å². The lowest BCUT2D eigenvalue weighted by atomic mass is 10.3. The Morgan fingerprint density at radius 2 is 2.17 bits per heavy atom. The molecule has 1 aromatic heterocycles. The van der Waals surface area contributed by atoms with Gasteiger partial charge in [-0.1, -0.05) is 6.92 Å². The van der Waals surface area contributed by atoms with Crippen LogP contribution in [0.4, 0.5) is 19.0 Å². The molecule has 0 aliphatic heterocycles. The van der Waals surface area contributed by atoms with Crippen LogP contribution in [0.3, 0.4) is 0 Å². The average molecular weight is 265 g/mol. The van der Waals surface area contributed by atoms with E-state index in [-0.39, 0.29) is 11.7 Å². The zero-order valence-electron chi connectivity index (χ0n) is 9.74. The monoisotopic (exact) mass is 265 g/mol. The van der Waals surface area contributed by atoms with Crippen molar-refractivity contribution in [1.82, 2.24) is 9.97 Å². The summed E-state index contributed by atoms with van der Waals surface area (Å²) in [5, 5.41) is 11.2. The highest BCUT2D eigenvalue weighted by molar-refractivity contribution is 5.37. The topological polar surface area (TPSA) is 67.3 Å². The number of hydrogen-bond acceptors (Lipinski definition) is 5. The fourth-order valence-electron chi connectivity index (χ4n) is 1.04. The first-order chi connectivity index (χ1) is 8.43. The van der Waals surface area contributed by atoms with Crippen molar-refractivity contribution in [3.05, 3.63) is 12.4 Å². The third-order valence-corrected chi connectivity index (χ3v) is 1.95. The van der Waals surface area contributed by atoms with E-state index in [0.29, 0.717) is 6.61 Å². The summed E-state index contributed by atoms with van der Waals surface area (Å²) in [7, 11) is 0. The number of aliphatic hydroxyl groups excluding tert-OH is 1. The van der Waals surface area contributed by atoms with E-state index in [1.165, 1.54) is 12.4 Å². The minimum Gasteiger partial charge on any atom is -0.478 e. The fraction of sp³-hybridized carbons (Fsp3) is 0.600. The van der Waals surface area contributed by atoms with E-state index in [9.17, 15) is 13.2 Å². The van der Waals surface area contributed by atoms with Gasteiger partial charge in [0, 0.05) is 6.07 Å². The van der Waals surface area contributed by atoms with Crippen LogP contribution in [0.1, 0.15) is 13.3 Å². The van der Waals surface area contributed by atoms with Crippen molar-refractivity contribution >= 4 is 5.82 Å². The second-order valence-corrected chi connectivity index (χ2v) is 3.53. The van der Waals surface area contributed by atoms with Crippen LogP contribution >= 0.6 is 0 Å². The van der Waals surface area contributed by atoms with Crippen molar-refractivity contribution in [2.75, 3.05) is 18.5 Å². The van der Waals surface area contributed by atoms with Gasteiger partial charge in [0.2, 0.25) is 5.88 Å². The van der Waals surface area contributed by atoms with Gasteiger partial charge in [-0.25, -0.2) is 9.97 Å². The van der Waals surface area contributed by atoms with Gasteiger partial charge in [0.15, 0.2) is 6.10 Å². The lowest BCUT2D eigenvalue weighted by molar-refractivity contribution is -0.198. The van der Waals surface area contributed by atoms with Crippen LogP contribution in [0, 0.1) is 0 Å². The van der Waals surface area contributed by atoms with Crippen LogP contribution in [0.25, 0.3) is 0 Å². The number of aromatic nitrogens is 2. The minimum atomic E-state index is -4.65. The number of rotatable bonds is 6. The third kappa shape index (κ3) is 4.74. The molecule has 0 saturated carbocycles. The van der Waals surface area contributed by atoms with Gasteiger partial charge >= 0.3 is 6.18 Å². The summed E-state index contributed by atoms with van der Waals surface area (Å²) in [6.07, 6.45) is -5.12. The number of alkyl halides is 3. The van der Waals surface area contributed by atoms with Crippen LogP contribution in [-0.4, -0.2) is 40.5 Å². The maximum absolute atomic E-state index is 12.1. The molecule has 0 bridgehead atoms. The van der Waals surface area contributed by atoms with Crippen LogP contribution in [-0.2, 0) is 0 Å². The Bertz CT molecular complexity index is 374. The molecule has 0 aliphatic rings. The highest BCUT2D eigenvalue weighted by Gasteiger charge is 2.37. The first-order valence-electron chi connectivity index (χ1n) is 5.37. The minimum absolute atomic E-state index is 0.166. The summed E-state index contributed by atoms with van der Waals surface area (Å²) in [5.74, 6) is 0.440. The Morgan fingerprint density at radius 1 is 1.44 bits per heavy atom. The van der Waals surface area contributed by atoms with Gasteiger partial charge < -0.3 is 15.2 Å². The molecule has 1 rings (SSSR count). The van der Waals surface area contributed by atoms with Crippen molar-refractivity contribution in [2.45, 2.75) is 25.6 Å². The highest BCUT2D eigenvalue weighted by atomic mass is 19.4. The van der Waals surface area contributed by atoms with Crippen LogP contribution < -0.4 is 10.1 Å². The number of hydrogen-bond donors (Lipinski definition) is 2. The number of nitrogens with one attached hydrogen (secondary N) is 1. The molecule has 102 valence electrons. The number of ether oxygens (including phenoxy) is 1. The Kier molecular flexibility index (Phi) is 5.14. The molecule has 1 heterocycles. The summed E-state index contributed by atoms with van der Waals surface area (Å²) in [6, 6.07) is 1.37. The molecule has 1 unspecified atom stereocenters. The largest absolute Gasteiger partial charge is 0.478 e. The summed E-state index contributed by atoms with van der Waals surface area (Å²) < 4.78 is 41.3. The zero-order valence-corrected chi connectivity index (χ0v) is 9.74. The Balaban J connectivity index is 2.52. The predicted molar refractivity (Wildman–Crippen MR) is 58.4 cm³/mol. The molecule has 0 spiro atoms. The van der Waals surface area contributed by atoms with Gasteiger partial charge in [-0.15, -0.1) is 0 Å². The molecule has 0 aromatic carbocycles. The number of aliphatic hydroxyl groups is 1. The molecule has 0 saturated heterocycles. The molecule has 0 aliphatic carbocycles. The Labute approximate surface area is 102 Å². The number of anilines is 1. The molecule has 0 fully saturated rings. The maximum Gasteiger partial charge on any atom is 0.416 e. The molecule has 0 radical (unpaired) electrons. The second-order valence-electron chi connectivity index (χ2n) is 3.53. The molecule has 1 atom stereocenters. The van der Waals surface area contributed by atoms with Crippen molar-refractivity contribution in [2.24, 2.45) is 0 Å². The van der Waals surface area contributed by atoms with E-state index in [1.807, 2.05) is 6.92 Å². The van der Waals surface area contributed by atoms with E-state index in [0.717, 1.165) is 6.42 Å². The maximum atomic E-state index is 12.1. The van der Waals surface area contributed by atoms with Crippen molar-refractivity contribution < 1.29 is 23.0 Å². The highest BCUT2D eigenvalue weighted by Crippen LogP contribution is 2.20. The third-order valence-electron chi connectivity index (χ3n) is 1.95. The molecule has 1 aromatic rings. The standard InChI is InChI=1S/C10H14F3N3O2/c1-2-3-18-9-4-8(15-6-16-9)14-5-7(17)10(11,12)13/h4,6-7,17H,2-3,5H2,1H3,(H,14,15,16). The lowest BCUT2D eigenvalue weighted by Gasteiger charge is -2.15. The summed E-state index contributed by atoms with van der Waals surface area (Å²) in [4.78, 5) is 7.52. The number of nitrogens with zero attached hydrogens (tertiary/aromatic N) is 2. The summed E-state index contributed by atoms with van der Waals surface area (Å²) in [5.41, 5.74) is 0. The van der Waals surface area contributed by atoms with Crippen molar-refractivity contribution in [3.63, 3.8) is 0 Å². The Hall–Kier alpha value is -1.57. The van der Waals surface area contributed by atoms with Gasteiger partial charge in [0.1, 0.15) is 12.1 Å². The first kappa shape index (κ1) is 14.5. The smallest absolute Gasteiger partial charge is 0.416 e. The molecular weight excluding hydrogens is 251 g/mol. The van der Waals surface area contributed by atoms with E-state index in [1.54, 1.807) is 0 Å². The van der Waals surface area contributed by atoms with Crippen LogP contribution in [0.2, 0.25) is 0 Å². The predicted octanol–water partition coefficient (Wildman–Crippen LogP) is 1.60. The van der Waals surface area contributed by atoms with E-state index < -0.39 is 18.8 Å². The average Bonchev–Trinajstić information content (AvgIpc) is 2.32. The lowest BCUT2D eigenvalue weighted by Crippen LogP contribution is -2.35. The van der Waals surface area contributed by atoms with E-state index >= 15 is 0 Å².